The number of amides is 1. The lowest BCUT2D eigenvalue weighted by Crippen LogP contribution is -2.13. The van der Waals surface area contributed by atoms with Crippen LogP contribution in [-0.4, -0.2) is 27.5 Å². The number of carbonyl (C=O) groups excluding carboxylic acids is 2. The molecule has 3 aromatic rings. The molecule has 148 valence electrons. The maximum absolute atomic E-state index is 13.0. The summed E-state index contributed by atoms with van der Waals surface area (Å²) in [6.07, 6.45) is 5.86. The molecule has 0 unspecified atom stereocenters. The summed E-state index contributed by atoms with van der Waals surface area (Å²) in [6.45, 7) is 1.44. The number of para-hydroxylation sites is 1. The quantitative estimate of drug-likeness (QED) is 0.662. The van der Waals surface area contributed by atoms with Crippen LogP contribution in [0.15, 0.2) is 48.7 Å². The van der Waals surface area contributed by atoms with Crippen LogP contribution in [0.4, 0.5) is 5.69 Å². The van der Waals surface area contributed by atoms with Crippen molar-refractivity contribution in [1.29, 1.82) is 0 Å². The third-order valence-electron chi connectivity index (χ3n) is 5.58. The number of hydrogen-bond acceptors (Lipinski definition) is 3. The molecule has 2 N–H and O–H groups in total. The van der Waals surface area contributed by atoms with Crippen LogP contribution in [0, 0.1) is 0 Å². The van der Waals surface area contributed by atoms with Gasteiger partial charge in [0.2, 0.25) is 5.91 Å². The molecule has 1 aliphatic rings. The smallest absolute Gasteiger partial charge is 0.335 e. The van der Waals surface area contributed by atoms with Gasteiger partial charge in [0, 0.05) is 24.2 Å². The summed E-state index contributed by atoms with van der Waals surface area (Å²) < 4.78 is 1.45. The van der Waals surface area contributed by atoms with Crippen molar-refractivity contribution in [2.24, 2.45) is 0 Å². The zero-order valence-corrected chi connectivity index (χ0v) is 16.1. The molecule has 1 heterocycles. The fraction of sp³-hybridized carbons (Fsp3) is 0.261. The monoisotopic (exact) mass is 390 g/mol. The normalized spacial score (nSPS) is 14.2. The molecule has 29 heavy (non-hydrogen) atoms. The topological polar surface area (TPSA) is 88.4 Å². The van der Waals surface area contributed by atoms with E-state index in [2.05, 4.69) is 5.32 Å². The molecular formula is C23H22N2O4. The van der Waals surface area contributed by atoms with E-state index < -0.39 is 5.97 Å². The number of anilines is 1. The predicted octanol–water partition coefficient (Wildman–Crippen LogP) is 4.91. The number of rotatable bonds is 4. The summed E-state index contributed by atoms with van der Waals surface area (Å²) in [7, 11) is 0. The van der Waals surface area contributed by atoms with Crippen LogP contribution in [0.1, 0.15) is 69.6 Å². The first-order valence-electron chi connectivity index (χ1n) is 9.74. The number of carbonyl (C=O) groups is 3. The second-order valence-electron chi connectivity index (χ2n) is 7.53. The number of nitrogens with zero attached hydrogens (tertiary/aromatic N) is 1. The Morgan fingerprint density at radius 3 is 2.48 bits per heavy atom. The number of aromatic nitrogens is 1. The Hall–Kier alpha value is -3.41. The van der Waals surface area contributed by atoms with Crippen LogP contribution >= 0.6 is 0 Å². The minimum atomic E-state index is -1.02. The average molecular weight is 390 g/mol. The highest BCUT2D eigenvalue weighted by molar-refractivity contribution is 6.14. The highest BCUT2D eigenvalue weighted by atomic mass is 16.4. The Balaban J connectivity index is 1.71. The van der Waals surface area contributed by atoms with E-state index in [-0.39, 0.29) is 17.4 Å². The third kappa shape index (κ3) is 3.66. The SMILES string of the molecule is CC(=O)n1cc(C(=O)Nc2cc(C(=O)O)cc(C3CCCC3)c2)c2ccccc21. The molecule has 1 fully saturated rings. The Bertz CT molecular complexity index is 1120. The largest absolute Gasteiger partial charge is 0.478 e. The number of nitrogens with one attached hydrogen (secondary N) is 1. The van der Waals surface area contributed by atoms with E-state index in [9.17, 15) is 19.5 Å². The Kier molecular flexibility index (Phi) is 4.92. The first-order valence-corrected chi connectivity index (χ1v) is 9.74. The van der Waals surface area contributed by atoms with Crippen LogP contribution in [0.3, 0.4) is 0 Å². The molecule has 0 bridgehead atoms. The zero-order chi connectivity index (χ0) is 20.5. The summed E-state index contributed by atoms with van der Waals surface area (Å²) in [5.74, 6) is -1.25. The van der Waals surface area contributed by atoms with E-state index in [0.29, 0.717) is 28.1 Å². The summed E-state index contributed by atoms with van der Waals surface area (Å²) in [6, 6.07) is 12.3. The van der Waals surface area contributed by atoms with Gasteiger partial charge in [-0.2, -0.15) is 0 Å². The van der Waals surface area contributed by atoms with Crippen LogP contribution < -0.4 is 5.32 Å². The molecule has 1 aliphatic carbocycles. The van der Waals surface area contributed by atoms with Crippen molar-refractivity contribution in [2.45, 2.75) is 38.5 Å². The van der Waals surface area contributed by atoms with Gasteiger partial charge in [-0.05, 0) is 48.6 Å². The van der Waals surface area contributed by atoms with E-state index in [0.717, 1.165) is 31.2 Å². The molecule has 1 aromatic heterocycles. The molecule has 0 radical (unpaired) electrons. The van der Waals surface area contributed by atoms with Gasteiger partial charge in [0.25, 0.3) is 5.91 Å². The minimum absolute atomic E-state index is 0.163. The van der Waals surface area contributed by atoms with Gasteiger partial charge in [-0.3, -0.25) is 14.2 Å². The standard InChI is InChI=1S/C23H22N2O4/c1-14(26)25-13-20(19-8-4-5-9-21(19)25)22(27)24-18-11-16(15-6-2-3-7-15)10-17(12-18)23(28)29/h4-5,8-13,15H,2-3,6-7H2,1H3,(H,24,27)(H,28,29). The lowest BCUT2D eigenvalue weighted by Gasteiger charge is -2.13. The lowest BCUT2D eigenvalue weighted by molar-refractivity contribution is 0.0696. The first kappa shape index (κ1) is 18.9. The van der Waals surface area contributed by atoms with E-state index >= 15 is 0 Å². The van der Waals surface area contributed by atoms with Gasteiger partial charge in [-0.1, -0.05) is 31.0 Å². The maximum atomic E-state index is 13.0. The second-order valence-corrected chi connectivity index (χ2v) is 7.53. The summed E-state index contributed by atoms with van der Waals surface area (Å²) >= 11 is 0. The molecule has 1 amide bonds. The predicted molar refractivity (Wildman–Crippen MR) is 111 cm³/mol. The highest BCUT2D eigenvalue weighted by Gasteiger charge is 2.21. The highest BCUT2D eigenvalue weighted by Crippen LogP contribution is 2.36. The van der Waals surface area contributed by atoms with Crippen molar-refractivity contribution in [3.05, 3.63) is 65.4 Å². The van der Waals surface area contributed by atoms with Crippen LogP contribution in [0.25, 0.3) is 10.9 Å². The Labute approximate surface area is 168 Å². The van der Waals surface area contributed by atoms with Gasteiger partial charge in [0.15, 0.2) is 0 Å². The first-order chi connectivity index (χ1) is 13.9. The number of aromatic carboxylic acids is 1. The minimum Gasteiger partial charge on any atom is -0.478 e. The molecule has 6 heteroatoms. The maximum Gasteiger partial charge on any atom is 0.335 e. The third-order valence-corrected chi connectivity index (χ3v) is 5.58. The van der Waals surface area contributed by atoms with Crippen LogP contribution in [-0.2, 0) is 0 Å². The second kappa shape index (κ2) is 7.54. The van der Waals surface area contributed by atoms with Gasteiger partial charge in [0.05, 0.1) is 16.6 Å². The number of fused-ring (bicyclic) bond motifs is 1. The zero-order valence-electron chi connectivity index (χ0n) is 16.1. The molecule has 0 spiro atoms. The fourth-order valence-electron chi connectivity index (χ4n) is 4.16. The van der Waals surface area contributed by atoms with Crippen molar-refractivity contribution in [2.75, 3.05) is 5.32 Å². The van der Waals surface area contributed by atoms with E-state index in [1.165, 1.54) is 23.8 Å². The Morgan fingerprint density at radius 2 is 1.79 bits per heavy atom. The van der Waals surface area contributed by atoms with Crippen LogP contribution in [0.2, 0.25) is 0 Å². The molecule has 1 saturated carbocycles. The molecule has 0 atom stereocenters. The van der Waals surface area contributed by atoms with Crippen molar-refractivity contribution >= 4 is 34.4 Å². The van der Waals surface area contributed by atoms with Gasteiger partial charge in [-0.25, -0.2) is 4.79 Å². The fourth-order valence-corrected chi connectivity index (χ4v) is 4.16. The van der Waals surface area contributed by atoms with Gasteiger partial charge in [-0.15, -0.1) is 0 Å². The Morgan fingerprint density at radius 1 is 1.07 bits per heavy atom. The van der Waals surface area contributed by atoms with Gasteiger partial charge in [0.1, 0.15) is 0 Å². The van der Waals surface area contributed by atoms with E-state index in [1.54, 1.807) is 18.2 Å². The van der Waals surface area contributed by atoms with Crippen molar-refractivity contribution in [3.8, 4) is 0 Å². The average Bonchev–Trinajstić information content (AvgIpc) is 3.36. The van der Waals surface area contributed by atoms with Crippen molar-refractivity contribution in [3.63, 3.8) is 0 Å². The van der Waals surface area contributed by atoms with Gasteiger partial charge >= 0.3 is 5.97 Å². The summed E-state index contributed by atoms with van der Waals surface area (Å²) in [5.41, 5.74) is 2.60. The number of hydrogen-bond donors (Lipinski definition) is 2. The molecule has 0 aliphatic heterocycles. The van der Waals surface area contributed by atoms with E-state index in [1.807, 2.05) is 18.2 Å². The molecule has 6 nitrogen and oxygen atoms in total. The van der Waals surface area contributed by atoms with Crippen molar-refractivity contribution < 1.29 is 19.5 Å². The number of carboxylic acids is 1. The molecule has 4 rings (SSSR count). The number of carboxylic acid groups (broad SMARTS) is 1. The molecule has 2 aromatic carbocycles. The van der Waals surface area contributed by atoms with Crippen molar-refractivity contribution in [1.82, 2.24) is 4.57 Å². The molecule has 0 saturated heterocycles. The summed E-state index contributed by atoms with van der Waals surface area (Å²) in [5, 5.41) is 13.0. The van der Waals surface area contributed by atoms with Crippen LogP contribution in [0.5, 0.6) is 0 Å². The number of benzene rings is 2. The van der Waals surface area contributed by atoms with Gasteiger partial charge < -0.3 is 10.4 Å². The molecular weight excluding hydrogens is 368 g/mol. The summed E-state index contributed by atoms with van der Waals surface area (Å²) in [4.78, 5) is 36.5. The lowest BCUT2D eigenvalue weighted by atomic mass is 9.95. The van der Waals surface area contributed by atoms with E-state index in [4.69, 9.17) is 0 Å².